The first kappa shape index (κ1) is 12.4. The minimum absolute atomic E-state index is 0.0611. The first-order chi connectivity index (χ1) is 7.79. The monoisotopic (exact) mass is 224 g/mol. The summed E-state index contributed by atoms with van der Waals surface area (Å²) in [6, 6.07) is 3.34. The third kappa shape index (κ3) is 3.51. The highest BCUT2D eigenvalue weighted by Crippen LogP contribution is 2.13. The fourth-order valence-corrected chi connectivity index (χ4v) is 1.19. The summed E-state index contributed by atoms with van der Waals surface area (Å²) in [6.45, 7) is 2.80. The number of carbonyl (C=O) groups is 1. The van der Waals surface area contributed by atoms with Crippen molar-refractivity contribution in [1.29, 1.82) is 0 Å². The van der Waals surface area contributed by atoms with Crippen LogP contribution < -0.4 is 10.1 Å². The average Bonchev–Trinajstić information content (AvgIpc) is 2.30. The number of nitrogens with zero attached hydrogens (tertiary/aromatic N) is 1. The van der Waals surface area contributed by atoms with Crippen molar-refractivity contribution < 1.29 is 14.6 Å². The summed E-state index contributed by atoms with van der Waals surface area (Å²) in [5, 5.41) is 11.3. The van der Waals surface area contributed by atoms with Crippen LogP contribution in [-0.2, 0) is 0 Å². The van der Waals surface area contributed by atoms with Crippen molar-refractivity contribution in [2.45, 2.75) is 13.3 Å². The lowest BCUT2D eigenvalue weighted by Gasteiger charge is -2.08. The maximum Gasteiger partial charge on any atom is 0.256 e. The molecular weight excluding hydrogens is 208 g/mol. The molecule has 0 saturated carbocycles. The highest BCUT2D eigenvalue weighted by Gasteiger charge is 2.12. The lowest BCUT2D eigenvalue weighted by Crippen LogP contribution is -2.25. The quantitative estimate of drug-likeness (QED) is 0.694. The van der Waals surface area contributed by atoms with E-state index < -0.39 is 0 Å². The van der Waals surface area contributed by atoms with Crippen molar-refractivity contribution in [2.24, 2.45) is 0 Å². The number of nitrogens with one attached hydrogen (secondary N) is 1. The summed E-state index contributed by atoms with van der Waals surface area (Å²) in [5.41, 5.74) is 0.419. The SMILES string of the molecule is CCOc1ncccc1C(=O)NCCCO. The number of aliphatic hydroxyl groups is 1. The Balaban J connectivity index is 2.66. The van der Waals surface area contributed by atoms with E-state index in [1.165, 1.54) is 0 Å². The molecule has 0 aliphatic heterocycles. The Bertz CT molecular complexity index is 342. The second-order valence-corrected chi connectivity index (χ2v) is 3.12. The third-order valence-electron chi connectivity index (χ3n) is 1.92. The van der Waals surface area contributed by atoms with Gasteiger partial charge in [-0.15, -0.1) is 0 Å². The van der Waals surface area contributed by atoms with Crippen molar-refractivity contribution in [2.75, 3.05) is 19.8 Å². The van der Waals surface area contributed by atoms with Crippen LogP contribution in [-0.4, -0.2) is 35.8 Å². The van der Waals surface area contributed by atoms with Crippen LogP contribution in [0.1, 0.15) is 23.7 Å². The van der Waals surface area contributed by atoms with E-state index in [1.807, 2.05) is 6.92 Å². The molecule has 1 aromatic heterocycles. The number of aliphatic hydroxyl groups excluding tert-OH is 1. The molecule has 1 aromatic rings. The van der Waals surface area contributed by atoms with Gasteiger partial charge in [0.25, 0.3) is 5.91 Å². The molecule has 1 rings (SSSR count). The molecule has 0 atom stereocenters. The van der Waals surface area contributed by atoms with Crippen LogP contribution in [0, 0.1) is 0 Å². The fourth-order valence-electron chi connectivity index (χ4n) is 1.19. The van der Waals surface area contributed by atoms with E-state index in [0.717, 1.165) is 0 Å². The highest BCUT2D eigenvalue weighted by atomic mass is 16.5. The van der Waals surface area contributed by atoms with E-state index in [-0.39, 0.29) is 12.5 Å². The number of carbonyl (C=O) groups excluding carboxylic acids is 1. The largest absolute Gasteiger partial charge is 0.477 e. The summed E-state index contributed by atoms with van der Waals surface area (Å²) in [6.07, 6.45) is 2.12. The maximum absolute atomic E-state index is 11.7. The van der Waals surface area contributed by atoms with Gasteiger partial charge in [0, 0.05) is 19.3 Å². The Morgan fingerprint density at radius 1 is 1.62 bits per heavy atom. The topological polar surface area (TPSA) is 71.5 Å². The molecule has 0 spiro atoms. The van der Waals surface area contributed by atoms with Crippen LogP contribution in [0.2, 0.25) is 0 Å². The van der Waals surface area contributed by atoms with Crippen LogP contribution in [0.15, 0.2) is 18.3 Å². The first-order valence-corrected chi connectivity index (χ1v) is 5.26. The van der Waals surface area contributed by atoms with Gasteiger partial charge in [-0.25, -0.2) is 4.98 Å². The zero-order valence-electron chi connectivity index (χ0n) is 9.27. The van der Waals surface area contributed by atoms with E-state index in [1.54, 1.807) is 18.3 Å². The maximum atomic E-state index is 11.7. The molecule has 0 unspecified atom stereocenters. The molecule has 0 aliphatic carbocycles. The Hall–Kier alpha value is -1.62. The molecule has 5 heteroatoms. The Kier molecular flexibility index (Phi) is 5.28. The molecule has 0 bridgehead atoms. The number of hydrogen-bond donors (Lipinski definition) is 2. The number of aromatic nitrogens is 1. The van der Waals surface area contributed by atoms with Crippen molar-refractivity contribution in [3.63, 3.8) is 0 Å². The summed E-state index contributed by atoms with van der Waals surface area (Å²) in [4.78, 5) is 15.7. The van der Waals surface area contributed by atoms with Gasteiger partial charge in [-0.2, -0.15) is 0 Å². The molecule has 0 fully saturated rings. The summed E-state index contributed by atoms with van der Waals surface area (Å²) < 4.78 is 5.24. The predicted molar refractivity (Wildman–Crippen MR) is 59.4 cm³/mol. The lowest BCUT2D eigenvalue weighted by molar-refractivity contribution is 0.0946. The molecule has 88 valence electrons. The first-order valence-electron chi connectivity index (χ1n) is 5.26. The highest BCUT2D eigenvalue weighted by molar-refractivity contribution is 5.96. The number of hydrogen-bond acceptors (Lipinski definition) is 4. The van der Waals surface area contributed by atoms with Crippen LogP contribution in [0.5, 0.6) is 5.88 Å². The second kappa shape index (κ2) is 6.79. The standard InChI is InChI=1S/C11H16N2O3/c1-2-16-11-9(5-3-6-13-11)10(15)12-7-4-8-14/h3,5-6,14H,2,4,7-8H2,1H3,(H,12,15). The van der Waals surface area contributed by atoms with Gasteiger partial charge in [0.1, 0.15) is 5.56 Å². The van der Waals surface area contributed by atoms with Crippen molar-refractivity contribution >= 4 is 5.91 Å². The van der Waals surface area contributed by atoms with E-state index in [9.17, 15) is 4.79 Å². The van der Waals surface area contributed by atoms with Gasteiger partial charge in [-0.1, -0.05) is 0 Å². The molecule has 5 nitrogen and oxygen atoms in total. The average molecular weight is 224 g/mol. The molecule has 0 radical (unpaired) electrons. The Labute approximate surface area is 94.5 Å². The zero-order chi connectivity index (χ0) is 11.8. The van der Waals surface area contributed by atoms with Gasteiger partial charge < -0.3 is 15.2 Å². The van der Waals surface area contributed by atoms with Gasteiger partial charge in [-0.3, -0.25) is 4.79 Å². The molecule has 16 heavy (non-hydrogen) atoms. The zero-order valence-corrected chi connectivity index (χ0v) is 9.27. The number of ether oxygens (including phenoxy) is 1. The lowest BCUT2D eigenvalue weighted by atomic mass is 10.2. The van der Waals surface area contributed by atoms with Crippen LogP contribution >= 0.6 is 0 Å². The summed E-state index contributed by atoms with van der Waals surface area (Å²) in [5.74, 6) is 0.108. The van der Waals surface area contributed by atoms with E-state index in [4.69, 9.17) is 9.84 Å². The van der Waals surface area contributed by atoms with Gasteiger partial charge in [0.2, 0.25) is 5.88 Å². The van der Waals surface area contributed by atoms with Crippen LogP contribution in [0.25, 0.3) is 0 Å². The molecular formula is C11H16N2O3. The fraction of sp³-hybridized carbons (Fsp3) is 0.455. The Morgan fingerprint density at radius 2 is 2.44 bits per heavy atom. The minimum atomic E-state index is -0.231. The molecule has 0 aliphatic rings. The molecule has 0 saturated heterocycles. The number of amides is 1. The van der Waals surface area contributed by atoms with Crippen LogP contribution in [0.4, 0.5) is 0 Å². The van der Waals surface area contributed by atoms with E-state index in [0.29, 0.717) is 31.0 Å². The smallest absolute Gasteiger partial charge is 0.256 e. The minimum Gasteiger partial charge on any atom is -0.477 e. The summed E-state index contributed by atoms with van der Waals surface area (Å²) in [7, 11) is 0. The summed E-state index contributed by atoms with van der Waals surface area (Å²) >= 11 is 0. The van der Waals surface area contributed by atoms with Gasteiger partial charge in [0.05, 0.1) is 6.61 Å². The number of rotatable bonds is 6. The van der Waals surface area contributed by atoms with Crippen molar-refractivity contribution in [3.8, 4) is 5.88 Å². The number of pyridine rings is 1. The van der Waals surface area contributed by atoms with Crippen LogP contribution in [0.3, 0.4) is 0 Å². The molecule has 2 N–H and O–H groups in total. The normalized spacial score (nSPS) is 9.88. The van der Waals surface area contributed by atoms with Gasteiger partial charge >= 0.3 is 0 Å². The molecule has 1 heterocycles. The van der Waals surface area contributed by atoms with Crippen molar-refractivity contribution in [3.05, 3.63) is 23.9 Å². The third-order valence-corrected chi connectivity index (χ3v) is 1.92. The second-order valence-electron chi connectivity index (χ2n) is 3.12. The molecule has 0 aromatic carbocycles. The molecule has 1 amide bonds. The van der Waals surface area contributed by atoms with E-state index in [2.05, 4.69) is 10.3 Å². The predicted octanol–water partition coefficient (Wildman–Crippen LogP) is 0.592. The van der Waals surface area contributed by atoms with E-state index >= 15 is 0 Å². The Morgan fingerprint density at radius 3 is 3.12 bits per heavy atom. The van der Waals surface area contributed by atoms with Crippen molar-refractivity contribution in [1.82, 2.24) is 10.3 Å². The van der Waals surface area contributed by atoms with Gasteiger partial charge in [-0.05, 0) is 25.5 Å². The van der Waals surface area contributed by atoms with Gasteiger partial charge in [0.15, 0.2) is 0 Å².